The zero-order valence-corrected chi connectivity index (χ0v) is 17.8. The molecule has 7 nitrogen and oxygen atoms in total. The third-order valence-electron chi connectivity index (χ3n) is 5.12. The number of amides is 1. The molecule has 2 aromatic carbocycles. The van der Waals surface area contributed by atoms with Gasteiger partial charge in [-0.25, -0.2) is 8.42 Å². The molecule has 0 spiro atoms. The van der Waals surface area contributed by atoms with Gasteiger partial charge in [0.15, 0.2) is 0 Å². The largest absolute Gasteiger partial charge is 0.495 e. The molecule has 0 aliphatic heterocycles. The van der Waals surface area contributed by atoms with Crippen LogP contribution >= 0.6 is 0 Å². The molecule has 29 heavy (non-hydrogen) atoms. The molecule has 1 N–H and O–H groups in total. The zero-order chi connectivity index (χ0) is 21.0. The van der Waals surface area contributed by atoms with Crippen LogP contribution < -0.4 is 14.4 Å². The summed E-state index contributed by atoms with van der Waals surface area (Å²) in [4.78, 5) is 14.7. The molecule has 1 saturated carbocycles. The fraction of sp³-hybridized carbons (Fsp3) is 0.381. The summed E-state index contributed by atoms with van der Waals surface area (Å²) in [6.07, 6.45) is 2.45. The molecule has 1 aliphatic carbocycles. The van der Waals surface area contributed by atoms with E-state index in [9.17, 15) is 13.2 Å². The number of ether oxygens (including phenoxy) is 1. The van der Waals surface area contributed by atoms with E-state index in [1.54, 1.807) is 24.3 Å². The van der Waals surface area contributed by atoms with E-state index in [0.717, 1.165) is 6.54 Å². The van der Waals surface area contributed by atoms with Gasteiger partial charge in [-0.05, 0) is 56.3 Å². The molecule has 0 aromatic heterocycles. The lowest BCUT2D eigenvalue weighted by Crippen LogP contribution is -2.34. The minimum absolute atomic E-state index is 0.107. The summed E-state index contributed by atoms with van der Waals surface area (Å²) in [6.45, 7) is 1.36. The molecule has 0 unspecified atom stereocenters. The first kappa shape index (κ1) is 21.1. The smallest absolute Gasteiger partial charge is 0.264 e. The van der Waals surface area contributed by atoms with Crippen LogP contribution in [-0.2, 0) is 10.0 Å². The third kappa shape index (κ3) is 4.89. The fourth-order valence-electron chi connectivity index (χ4n) is 3.10. The van der Waals surface area contributed by atoms with Gasteiger partial charge in [-0.3, -0.25) is 9.10 Å². The highest BCUT2D eigenvalue weighted by molar-refractivity contribution is 7.92. The van der Waals surface area contributed by atoms with Crippen LogP contribution in [0.25, 0.3) is 0 Å². The maximum atomic E-state index is 13.0. The van der Waals surface area contributed by atoms with Crippen LogP contribution in [0.5, 0.6) is 5.75 Å². The van der Waals surface area contributed by atoms with Crippen LogP contribution in [0.15, 0.2) is 53.4 Å². The van der Waals surface area contributed by atoms with Crippen molar-refractivity contribution in [3.63, 3.8) is 0 Å². The molecule has 0 atom stereocenters. The first-order chi connectivity index (χ1) is 13.8. The van der Waals surface area contributed by atoms with Gasteiger partial charge in [0.1, 0.15) is 5.75 Å². The Labute approximate surface area is 172 Å². The van der Waals surface area contributed by atoms with Crippen LogP contribution in [0.1, 0.15) is 23.2 Å². The second kappa shape index (κ2) is 8.84. The predicted octanol–water partition coefficient (Wildman–Crippen LogP) is 2.34. The molecule has 0 saturated heterocycles. The quantitative estimate of drug-likeness (QED) is 0.678. The minimum Gasteiger partial charge on any atom is -0.495 e. The summed E-state index contributed by atoms with van der Waals surface area (Å²) in [5.41, 5.74) is 0.870. The van der Waals surface area contributed by atoms with Crippen molar-refractivity contribution in [1.29, 1.82) is 0 Å². The van der Waals surface area contributed by atoms with Crippen LogP contribution in [0.4, 0.5) is 5.69 Å². The molecule has 0 bridgehead atoms. The highest BCUT2D eigenvalue weighted by Crippen LogP contribution is 2.30. The molecule has 8 heteroatoms. The second-order valence-electron chi connectivity index (χ2n) is 7.14. The standard InChI is InChI=1S/C21H27N3O4S/c1-23(17-10-11-17)15-14-22-21(25)16-8-12-18(13-9-16)29(26,27)24(2)19-6-4-5-7-20(19)28-3/h4-9,12-13,17H,10-11,14-15H2,1-3H3,(H,22,25). The fourth-order valence-corrected chi connectivity index (χ4v) is 4.31. The van der Waals surface area contributed by atoms with E-state index >= 15 is 0 Å². The first-order valence-corrected chi connectivity index (χ1v) is 11.0. The molecular weight excluding hydrogens is 390 g/mol. The summed E-state index contributed by atoms with van der Waals surface area (Å²) in [6, 6.07) is 13.5. The maximum absolute atomic E-state index is 13.0. The minimum atomic E-state index is -3.78. The van der Waals surface area contributed by atoms with Crippen molar-refractivity contribution in [3.8, 4) is 5.75 Å². The molecule has 3 rings (SSSR count). The van der Waals surface area contributed by atoms with E-state index < -0.39 is 10.0 Å². The lowest BCUT2D eigenvalue weighted by Gasteiger charge is -2.21. The van der Waals surface area contributed by atoms with Crippen LogP contribution in [0.2, 0.25) is 0 Å². The Hall–Kier alpha value is -2.58. The number of likely N-dealkylation sites (N-methyl/N-ethyl adjacent to an activating group) is 1. The van der Waals surface area contributed by atoms with Gasteiger partial charge in [0.25, 0.3) is 15.9 Å². The Balaban J connectivity index is 1.67. The Kier molecular flexibility index (Phi) is 6.44. The number of carbonyl (C=O) groups excluding carboxylic acids is 1. The summed E-state index contributed by atoms with van der Waals surface area (Å²) >= 11 is 0. The number of sulfonamides is 1. The monoisotopic (exact) mass is 417 g/mol. The number of hydrogen-bond acceptors (Lipinski definition) is 5. The Bertz CT molecular complexity index is 956. The van der Waals surface area contributed by atoms with Gasteiger partial charge in [0.05, 0.1) is 17.7 Å². The number of anilines is 1. The number of para-hydroxylation sites is 2. The van der Waals surface area contributed by atoms with Gasteiger partial charge >= 0.3 is 0 Å². The Morgan fingerprint density at radius 2 is 1.76 bits per heavy atom. The van der Waals surface area contributed by atoms with E-state index in [-0.39, 0.29) is 10.8 Å². The number of methoxy groups -OCH3 is 1. The van der Waals surface area contributed by atoms with Crippen LogP contribution in [0, 0.1) is 0 Å². The van der Waals surface area contributed by atoms with Gasteiger partial charge in [-0.2, -0.15) is 0 Å². The first-order valence-electron chi connectivity index (χ1n) is 9.55. The second-order valence-corrected chi connectivity index (χ2v) is 9.11. The van der Waals surface area contributed by atoms with E-state index in [0.29, 0.717) is 29.6 Å². The van der Waals surface area contributed by atoms with Crippen molar-refractivity contribution >= 4 is 21.6 Å². The topological polar surface area (TPSA) is 78.9 Å². The molecule has 156 valence electrons. The van der Waals surface area contributed by atoms with Gasteiger partial charge in [0, 0.05) is 31.7 Å². The summed E-state index contributed by atoms with van der Waals surface area (Å²) < 4.78 is 32.4. The van der Waals surface area contributed by atoms with Crippen molar-refractivity contribution in [2.24, 2.45) is 0 Å². The van der Waals surface area contributed by atoms with E-state index in [1.165, 1.54) is 55.6 Å². The highest BCUT2D eigenvalue weighted by Gasteiger charge is 2.26. The van der Waals surface area contributed by atoms with Crippen molar-refractivity contribution in [2.75, 3.05) is 38.6 Å². The summed E-state index contributed by atoms with van der Waals surface area (Å²) in [7, 11) is 1.25. The van der Waals surface area contributed by atoms with Crippen LogP contribution in [0.3, 0.4) is 0 Å². The normalized spacial score (nSPS) is 13.9. The molecule has 0 heterocycles. The lowest BCUT2D eigenvalue weighted by atomic mass is 10.2. The average Bonchev–Trinajstić information content (AvgIpc) is 3.58. The predicted molar refractivity (Wildman–Crippen MR) is 113 cm³/mol. The van der Waals surface area contributed by atoms with Gasteiger partial charge in [-0.1, -0.05) is 12.1 Å². The molecule has 1 aliphatic rings. The molecule has 0 radical (unpaired) electrons. The zero-order valence-electron chi connectivity index (χ0n) is 17.0. The SMILES string of the molecule is COc1ccccc1N(C)S(=O)(=O)c1ccc(C(=O)NCCN(C)C2CC2)cc1. The van der Waals surface area contributed by atoms with E-state index in [4.69, 9.17) is 4.74 Å². The van der Waals surface area contributed by atoms with E-state index in [2.05, 4.69) is 17.3 Å². The molecule has 2 aromatic rings. The van der Waals surface area contributed by atoms with Crippen molar-refractivity contribution in [3.05, 3.63) is 54.1 Å². The van der Waals surface area contributed by atoms with Gasteiger partial charge < -0.3 is 15.0 Å². The van der Waals surface area contributed by atoms with Crippen molar-refractivity contribution in [2.45, 2.75) is 23.8 Å². The number of nitrogens with zero attached hydrogens (tertiary/aromatic N) is 2. The molecule has 1 amide bonds. The van der Waals surface area contributed by atoms with Crippen molar-refractivity contribution < 1.29 is 17.9 Å². The number of rotatable bonds is 9. The summed E-state index contributed by atoms with van der Waals surface area (Å²) in [5.74, 6) is 0.252. The third-order valence-corrected chi connectivity index (χ3v) is 6.91. The number of nitrogens with one attached hydrogen (secondary N) is 1. The number of benzene rings is 2. The van der Waals surface area contributed by atoms with E-state index in [1.807, 2.05) is 0 Å². The Morgan fingerprint density at radius 3 is 2.38 bits per heavy atom. The van der Waals surface area contributed by atoms with Crippen LogP contribution in [-0.4, -0.2) is 59.6 Å². The van der Waals surface area contributed by atoms with Gasteiger partial charge in [0.2, 0.25) is 0 Å². The van der Waals surface area contributed by atoms with Crippen molar-refractivity contribution in [1.82, 2.24) is 10.2 Å². The highest BCUT2D eigenvalue weighted by atomic mass is 32.2. The average molecular weight is 418 g/mol. The number of hydrogen-bond donors (Lipinski definition) is 1. The number of carbonyl (C=O) groups is 1. The van der Waals surface area contributed by atoms with Gasteiger partial charge in [-0.15, -0.1) is 0 Å². The molecular formula is C21H27N3O4S. The lowest BCUT2D eigenvalue weighted by molar-refractivity contribution is 0.0949. The molecule has 1 fully saturated rings. The Morgan fingerprint density at radius 1 is 1.10 bits per heavy atom. The summed E-state index contributed by atoms with van der Waals surface area (Å²) in [5, 5.41) is 2.88. The maximum Gasteiger partial charge on any atom is 0.264 e.